The lowest BCUT2D eigenvalue weighted by Gasteiger charge is -2.31. The number of esters is 1. The van der Waals surface area contributed by atoms with Crippen molar-refractivity contribution in [2.45, 2.75) is 92.7 Å². The van der Waals surface area contributed by atoms with E-state index in [9.17, 15) is 33.4 Å². The molecule has 2 heterocycles. The van der Waals surface area contributed by atoms with Crippen LogP contribution in [0.1, 0.15) is 83.9 Å². The molecule has 2 aliphatic rings. The number of benzene rings is 2. The number of hydrogen-bond acceptors (Lipinski definition) is 15. The lowest BCUT2D eigenvalue weighted by molar-refractivity contribution is -0.193. The van der Waals surface area contributed by atoms with E-state index in [4.69, 9.17) is 65.9 Å². The third kappa shape index (κ3) is 24.3. The first-order valence-electron chi connectivity index (χ1n) is 23.0. The average molecular weight is 1140 g/mol. The van der Waals surface area contributed by atoms with E-state index in [2.05, 4.69) is 57.3 Å². The first-order valence-corrected chi connectivity index (χ1v) is 28.9. The van der Waals surface area contributed by atoms with Crippen molar-refractivity contribution >= 4 is 124 Å². The number of amides is 3. The summed E-state index contributed by atoms with van der Waals surface area (Å²) in [5, 5.41) is 16.4. The standard InChI is InChI=1S/C19H17Cl2NO4.C15H22ClNO2.C8H14ClN5.C3H8NO5P.C3H9S/c1-2-26-19(25)16(21)10-11-9-12(7-8-15(11)20)22-17(23)13-5-3-4-6-14(13)18(22)24;1-5-13-8-6-7-11(2)15(13)17(14(18)9-16)12(3)10-19-4;1-4-10-7-12-6(9)13-8(14-7)11-5(2)3;5-3(6)1-4-2-10(7,8)9;1-4(2)3/h7-10H,2-6H2,1H3;6-8,12H,5,9-10H2,1-4H3;5H,4H2,1-3H3,(H2,10,11,12,13,14);4H,1-2H2,(H,5,6)(H2,7,8,9);1-3H3/q;;;;+1/p-1/b16-10-;;;;. The number of carbonyl (C=O) groups excluding carboxylic acids is 4. The predicted octanol–water partition coefficient (Wildman–Crippen LogP) is 7.83. The van der Waals surface area contributed by atoms with E-state index in [1.807, 2.05) is 52.1 Å². The maximum absolute atomic E-state index is 12.7. The highest BCUT2D eigenvalue weighted by Crippen LogP contribution is 2.37. The minimum absolute atomic E-state index is 0.0223. The number of imide groups is 1. The molecule has 1 aromatic heterocycles. The van der Waals surface area contributed by atoms with Gasteiger partial charge in [-0.15, -0.1) is 11.6 Å². The van der Waals surface area contributed by atoms with Crippen LogP contribution in [0, 0.1) is 6.92 Å². The Kier molecular flexibility index (Phi) is 31.3. The highest BCUT2D eigenvalue weighted by Gasteiger charge is 2.39. The normalized spacial score (nSPS) is 14.2. The fourth-order valence-corrected chi connectivity index (χ4v) is 7.71. The Balaban J connectivity index is 0.000000500. The Hall–Kier alpha value is -4.34. The van der Waals surface area contributed by atoms with Gasteiger partial charge in [-0.3, -0.25) is 24.5 Å². The maximum Gasteiger partial charge on any atom is 0.349 e. The van der Waals surface area contributed by atoms with Gasteiger partial charge in [-0.1, -0.05) is 48.3 Å². The molecule has 1 aliphatic heterocycles. The molecule has 406 valence electrons. The van der Waals surface area contributed by atoms with Gasteiger partial charge >= 0.3 is 11.9 Å². The number of aromatic nitrogens is 3. The minimum Gasteiger partial charge on any atom is -0.778 e. The van der Waals surface area contributed by atoms with Gasteiger partial charge in [-0.2, -0.15) is 15.0 Å². The average Bonchev–Trinajstić information content (AvgIpc) is 3.55. The Labute approximate surface area is 451 Å². The Bertz CT molecular complexity index is 2400. The van der Waals surface area contributed by atoms with Crippen LogP contribution in [0.3, 0.4) is 0 Å². The van der Waals surface area contributed by atoms with E-state index >= 15 is 0 Å². The smallest absolute Gasteiger partial charge is 0.349 e. The molecule has 2 atom stereocenters. The molecule has 5 N–H and O–H groups in total. The molecule has 3 amide bonds. The summed E-state index contributed by atoms with van der Waals surface area (Å²) < 4.78 is 20.0. The zero-order valence-corrected chi connectivity index (χ0v) is 47.9. The van der Waals surface area contributed by atoms with Crippen molar-refractivity contribution in [3.05, 3.63) is 79.6 Å². The number of nitrogens with zero attached hydrogens (tertiary/aromatic N) is 5. The number of aryl methyl sites for hydroxylation is 2. The molecular formula is C48H69Cl4N8O11PS. The van der Waals surface area contributed by atoms with Crippen molar-refractivity contribution in [3.63, 3.8) is 0 Å². The highest BCUT2D eigenvalue weighted by molar-refractivity contribution is 7.94. The molecule has 0 fully saturated rings. The molecule has 0 bridgehead atoms. The number of carboxylic acid groups (broad SMARTS) is 1. The number of carbonyl (C=O) groups is 5. The number of nitrogens with one attached hydrogen (secondary N) is 3. The molecule has 73 heavy (non-hydrogen) atoms. The molecular weight excluding hydrogens is 1070 g/mol. The summed E-state index contributed by atoms with van der Waals surface area (Å²) >= 11 is 23.6. The molecule has 19 nitrogen and oxygen atoms in total. The zero-order valence-electron chi connectivity index (χ0n) is 43.1. The zero-order chi connectivity index (χ0) is 55.6. The topological polar surface area (TPSA) is 266 Å². The summed E-state index contributed by atoms with van der Waals surface area (Å²) in [4.78, 5) is 91.9. The molecule has 2 aromatic carbocycles. The van der Waals surface area contributed by atoms with Crippen molar-refractivity contribution in [1.82, 2.24) is 20.3 Å². The molecule has 0 radical (unpaired) electrons. The monoisotopic (exact) mass is 1140 g/mol. The Morgan fingerprint density at radius 1 is 0.986 bits per heavy atom. The second kappa shape index (κ2) is 34.3. The van der Waals surface area contributed by atoms with Crippen molar-refractivity contribution in [1.29, 1.82) is 0 Å². The molecule has 0 saturated carbocycles. The lowest BCUT2D eigenvalue weighted by Crippen LogP contribution is -2.43. The number of para-hydroxylation sites is 1. The predicted molar refractivity (Wildman–Crippen MR) is 293 cm³/mol. The van der Waals surface area contributed by atoms with Crippen LogP contribution < -0.4 is 30.6 Å². The van der Waals surface area contributed by atoms with Crippen molar-refractivity contribution in [3.8, 4) is 0 Å². The largest absolute Gasteiger partial charge is 0.778 e. The van der Waals surface area contributed by atoms with Gasteiger partial charge in [0.25, 0.3) is 11.8 Å². The van der Waals surface area contributed by atoms with Crippen LogP contribution >= 0.6 is 54.0 Å². The van der Waals surface area contributed by atoms with E-state index in [0.29, 0.717) is 69.7 Å². The third-order valence-electron chi connectivity index (χ3n) is 9.50. The quantitative estimate of drug-likeness (QED) is 0.0203. The van der Waals surface area contributed by atoms with Gasteiger partial charge < -0.3 is 44.5 Å². The van der Waals surface area contributed by atoms with Crippen molar-refractivity contribution in [2.75, 3.05) is 84.8 Å². The summed E-state index contributed by atoms with van der Waals surface area (Å²) in [5.74, 6) is -1.51. The van der Waals surface area contributed by atoms with Crippen LogP contribution in [0.5, 0.6) is 0 Å². The number of rotatable bonds is 18. The second-order valence-electron chi connectivity index (χ2n) is 16.6. The van der Waals surface area contributed by atoms with E-state index in [-0.39, 0.29) is 52.6 Å². The first kappa shape index (κ1) is 66.7. The number of ether oxygens (including phenoxy) is 2. The van der Waals surface area contributed by atoms with Gasteiger partial charge in [-0.05, 0) is 137 Å². The van der Waals surface area contributed by atoms with Crippen LogP contribution in [0.4, 0.5) is 23.3 Å². The summed E-state index contributed by atoms with van der Waals surface area (Å²) in [6.45, 7) is 14.7. The maximum atomic E-state index is 12.7. The molecule has 5 rings (SSSR count). The number of alkyl halides is 1. The van der Waals surface area contributed by atoms with Gasteiger partial charge in [-0.25, -0.2) is 9.69 Å². The van der Waals surface area contributed by atoms with Gasteiger partial charge in [0.05, 0.1) is 62.2 Å². The summed E-state index contributed by atoms with van der Waals surface area (Å²) in [6.07, 6.45) is 11.2. The van der Waals surface area contributed by atoms with Gasteiger partial charge in [0, 0.05) is 35.9 Å². The Morgan fingerprint density at radius 2 is 1.58 bits per heavy atom. The summed E-state index contributed by atoms with van der Waals surface area (Å²) in [7, 11) is -2.07. The van der Waals surface area contributed by atoms with Gasteiger partial charge in [0.15, 0.2) is 0 Å². The van der Waals surface area contributed by atoms with E-state index in [1.165, 1.54) is 11.0 Å². The third-order valence-corrected chi connectivity index (χ3v) is 11.1. The number of carboxylic acids is 1. The fraction of sp³-hybridized carbons (Fsp3) is 0.500. The molecule has 0 saturated heterocycles. The van der Waals surface area contributed by atoms with Crippen molar-refractivity contribution in [2.24, 2.45) is 0 Å². The minimum atomic E-state index is -4.35. The van der Waals surface area contributed by atoms with E-state index in [0.717, 1.165) is 42.6 Å². The fourth-order valence-electron chi connectivity index (χ4n) is 6.69. The second-order valence-corrected chi connectivity index (χ2v) is 22.0. The summed E-state index contributed by atoms with van der Waals surface area (Å²) in [6, 6.07) is 11.0. The molecule has 1 aliphatic carbocycles. The number of hydrogen-bond donors (Lipinski definition) is 5. The van der Waals surface area contributed by atoms with Crippen LogP contribution in [-0.2, 0) is 55.3 Å². The van der Waals surface area contributed by atoms with E-state index < -0.39 is 32.4 Å². The number of methoxy groups -OCH3 is 1. The first-order chi connectivity index (χ1) is 34.3. The molecule has 25 heteroatoms. The van der Waals surface area contributed by atoms with Gasteiger partial charge in [0.2, 0.25) is 23.1 Å². The highest BCUT2D eigenvalue weighted by atomic mass is 35.5. The molecule has 0 spiro atoms. The van der Waals surface area contributed by atoms with Crippen LogP contribution in [0.25, 0.3) is 6.08 Å². The van der Waals surface area contributed by atoms with Crippen LogP contribution in [0.2, 0.25) is 10.3 Å². The van der Waals surface area contributed by atoms with Crippen LogP contribution in [-0.4, -0.2) is 131 Å². The van der Waals surface area contributed by atoms with Crippen molar-refractivity contribution < 1.29 is 52.9 Å². The molecule has 3 aromatic rings. The summed E-state index contributed by atoms with van der Waals surface area (Å²) in [5.41, 5.74) is 5.25. The van der Waals surface area contributed by atoms with Gasteiger partial charge in [0.1, 0.15) is 18.5 Å². The number of aliphatic carboxylic acids is 1. The van der Waals surface area contributed by atoms with E-state index in [1.54, 1.807) is 37.1 Å². The number of halogens is 4. The lowest BCUT2D eigenvalue weighted by atomic mass is 9.93. The molecule has 2 unspecified atom stereocenters. The van der Waals surface area contributed by atoms with Crippen LogP contribution in [0.15, 0.2) is 52.6 Å². The SMILES string of the molecule is CCNc1nc(Cl)nc(NC(C)C)n1.CCOC(=O)/C(Cl)=C/c1cc(N2C(=O)C3=C(CCCC3)C2=O)ccc1Cl.CCc1cccc(C)c1N(C(=O)CCl)C(C)COC.C[S+](C)C.O=C(O)CNCP(=O)([O-])O. The number of anilines is 4. The Morgan fingerprint density at radius 3 is 2.07 bits per heavy atom.